The predicted molar refractivity (Wildman–Crippen MR) is 123 cm³/mol. The van der Waals surface area contributed by atoms with E-state index in [2.05, 4.69) is 25.6 Å². The van der Waals surface area contributed by atoms with Gasteiger partial charge in [-0.15, -0.1) is 0 Å². The van der Waals surface area contributed by atoms with Gasteiger partial charge in [-0.2, -0.15) is 15.3 Å². The highest BCUT2D eigenvalue weighted by Gasteiger charge is 2.27. The second-order valence-electron chi connectivity index (χ2n) is 7.98. The molecule has 34 heavy (non-hydrogen) atoms. The van der Waals surface area contributed by atoms with Crippen LogP contribution in [0.3, 0.4) is 0 Å². The van der Waals surface area contributed by atoms with Crippen molar-refractivity contribution in [3.05, 3.63) is 47.8 Å². The minimum absolute atomic E-state index is 0.176. The molecule has 0 spiro atoms. The number of fused-ring (bicyclic) bond motifs is 1. The molecule has 1 N–H and O–H groups in total. The molecule has 0 unspecified atom stereocenters. The zero-order valence-electron chi connectivity index (χ0n) is 19.2. The molecule has 176 valence electrons. The van der Waals surface area contributed by atoms with E-state index in [-0.39, 0.29) is 11.6 Å². The Morgan fingerprint density at radius 2 is 1.97 bits per heavy atom. The van der Waals surface area contributed by atoms with E-state index in [0.717, 1.165) is 17.0 Å². The molecule has 0 bridgehead atoms. The molecule has 1 fully saturated rings. The Balaban J connectivity index is 1.46. The first-order valence-corrected chi connectivity index (χ1v) is 11.1. The van der Waals surface area contributed by atoms with Gasteiger partial charge in [0.15, 0.2) is 11.3 Å². The van der Waals surface area contributed by atoms with Gasteiger partial charge in [0.05, 0.1) is 37.0 Å². The first kappa shape index (κ1) is 21.8. The zero-order chi connectivity index (χ0) is 23.8. The van der Waals surface area contributed by atoms with Gasteiger partial charge in [-0.05, 0) is 19.9 Å². The molecule has 4 aromatic heterocycles. The first-order chi connectivity index (χ1) is 16.5. The average Bonchev–Trinajstić information content (AvgIpc) is 3.56. The van der Waals surface area contributed by atoms with E-state index >= 15 is 0 Å². The van der Waals surface area contributed by atoms with Gasteiger partial charge in [-0.1, -0.05) is 0 Å². The summed E-state index contributed by atoms with van der Waals surface area (Å²) in [6.07, 6.45) is 4.92. The molecule has 4 aromatic rings. The number of carbonyl (C=O) groups is 2. The molecule has 0 saturated carbocycles. The third-order valence-corrected chi connectivity index (χ3v) is 5.99. The van der Waals surface area contributed by atoms with E-state index in [1.54, 1.807) is 37.2 Å². The number of hydrogen-bond acceptors (Lipinski definition) is 7. The summed E-state index contributed by atoms with van der Waals surface area (Å²) in [5.74, 6) is -0.644. The van der Waals surface area contributed by atoms with Gasteiger partial charge >= 0.3 is 0 Å². The van der Waals surface area contributed by atoms with Crippen molar-refractivity contribution in [1.82, 2.24) is 39.1 Å². The Morgan fingerprint density at radius 3 is 2.68 bits per heavy atom. The van der Waals surface area contributed by atoms with E-state index in [1.165, 1.54) is 6.20 Å². The summed E-state index contributed by atoms with van der Waals surface area (Å²) in [5, 5.41) is 15.9. The molecule has 12 heteroatoms. The minimum atomic E-state index is -0.453. The Bertz CT molecular complexity index is 1380. The number of rotatable bonds is 5. The predicted octanol–water partition coefficient (Wildman–Crippen LogP) is 1.38. The maximum atomic E-state index is 13.2. The summed E-state index contributed by atoms with van der Waals surface area (Å²) < 4.78 is 10.3. The number of anilines is 1. The molecule has 12 nitrogen and oxygen atoms in total. The number of carbonyl (C=O) groups excluding carboxylic acids is 2. The van der Waals surface area contributed by atoms with Crippen molar-refractivity contribution in [2.75, 3.05) is 31.6 Å². The van der Waals surface area contributed by atoms with Gasteiger partial charge < -0.3 is 15.0 Å². The topological polar surface area (TPSA) is 124 Å². The summed E-state index contributed by atoms with van der Waals surface area (Å²) in [6, 6.07) is 3.44. The van der Waals surface area contributed by atoms with Crippen molar-refractivity contribution in [2.24, 2.45) is 7.05 Å². The van der Waals surface area contributed by atoms with Crippen LogP contribution in [0.2, 0.25) is 0 Å². The van der Waals surface area contributed by atoms with Gasteiger partial charge in [0.25, 0.3) is 11.8 Å². The molecule has 5 heterocycles. The Labute approximate surface area is 195 Å². The monoisotopic (exact) mass is 463 g/mol. The number of aromatic nitrogens is 7. The molecule has 1 aliphatic heterocycles. The van der Waals surface area contributed by atoms with E-state index in [4.69, 9.17) is 4.74 Å². The SMILES string of the molecule is CCn1ncc(NC(=O)c2cc3nccc(-c4cnn(C)c4C)n3n2)c1C(=O)N1CCOCC1. The van der Waals surface area contributed by atoms with Gasteiger partial charge in [-0.25, -0.2) is 9.50 Å². The standard InChI is InChI=1S/C22H25N9O3/c1-4-30-20(22(33)29-7-9-34-10-8-29)17(13-25-30)26-21(32)16-11-19-23-6-5-18(31(19)27-16)15-12-24-28(3)14(15)2/h5-6,11-13H,4,7-10H2,1-3H3,(H,26,32). The molecule has 0 radical (unpaired) electrons. The van der Waals surface area contributed by atoms with E-state index in [9.17, 15) is 9.59 Å². The maximum absolute atomic E-state index is 13.2. The van der Waals surface area contributed by atoms with Crippen molar-refractivity contribution in [3.63, 3.8) is 0 Å². The number of morpholine rings is 1. The van der Waals surface area contributed by atoms with E-state index in [1.807, 2.05) is 27.0 Å². The van der Waals surface area contributed by atoms with Crippen molar-refractivity contribution in [2.45, 2.75) is 20.4 Å². The fraction of sp³-hybridized carbons (Fsp3) is 0.364. The van der Waals surface area contributed by atoms with Crippen LogP contribution in [0, 0.1) is 6.92 Å². The molecule has 1 aliphatic rings. The van der Waals surface area contributed by atoms with Crippen molar-refractivity contribution in [1.29, 1.82) is 0 Å². The number of aryl methyl sites for hydroxylation is 2. The minimum Gasteiger partial charge on any atom is -0.378 e. The van der Waals surface area contributed by atoms with Gasteiger partial charge in [-0.3, -0.25) is 19.0 Å². The van der Waals surface area contributed by atoms with Gasteiger partial charge in [0.1, 0.15) is 5.69 Å². The first-order valence-electron chi connectivity index (χ1n) is 11.1. The smallest absolute Gasteiger partial charge is 0.276 e. The molecule has 0 atom stereocenters. The number of nitrogens with zero attached hydrogens (tertiary/aromatic N) is 8. The van der Waals surface area contributed by atoms with Crippen molar-refractivity contribution >= 4 is 23.1 Å². The lowest BCUT2D eigenvalue weighted by molar-refractivity contribution is 0.0295. The highest BCUT2D eigenvalue weighted by molar-refractivity contribution is 6.07. The second-order valence-corrected chi connectivity index (χ2v) is 7.98. The lowest BCUT2D eigenvalue weighted by Gasteiger charge is -2.27. The Morgan fingerprint density at radius 1 is 1.18 bits per heavy atom. The van der Waals surface area contributed by atoms with E-state index in [0.29, 0.717) is 49.9 Å². The molecule has 2 amide bonds. The van der Waals surface area contributed by atoms with Crippen LogP contribution in [-0.2, 0) is 18.3 Å². The van der Waals surface area contributed by atoms with Crippen molar-refractivity contribution < 1.29 is 14.3 Å². The lowest BCUT2D eigenvalue weighted by atomic mass is 10.2. The number of ether oxygens (including phenoxy) is 1. The highest BCUT2D eigenvalue weighted by atomic mass is 16.5. The van der Waals surface area contributed by atoms with Crippen LogP contribution in [0.1, 0.15) is 33.6 Å². The van der Waals surface area contributed by atoms with Crippen LogP contribution >= 0.6 is 0 Å². The van der Waals surface area contributed by atoms with Crippen LogP contribution in [-0.4, -0.2) is 77.2 Å². The summed E-state index contributed by atoms with van der Waals surface area (Å²) in [4.78, 5) is 32.4. The third kappa shape index (κ3) is 3.71. The normalized spacial score (nSPS) is 14.0. The van der Waals surface area contributed by atoms with Gasteiger partial charge in [0, 0.05) is 50.2 Å². The van der Waals surface area contributed by atoms with Crippen LogP contribution in [0.15, 0.2) is 30.7 Å². The Hall–Kier alpha value is -4.06. The second kappa shape index (κ2) is 8.71. The number of nitrogens with one attached hydrogen (secondary N) is 1. The van der Waals surface area contributed by atoms with Crippen LogP contribution in [0.5, 0.6) is 0 Å². The molecular weight excluding hydrogens is 438 g/mol. The quantitative estimate of drug-likeness (QED) is 0.474. The van der Waals surface area contributed by atoms with Crippen LogP contribution < -0.4 is 5.32 Å². The third-order valence-electron chi connectivity index (χ3n) is 5.99. The molecule has 0 aromatic carbocycles. The summed E-state index contributed by atoms with van der Waals surface area (Å²) in [7, 11) is 1.87. The molecule has 5 rings (SSSR count). The van der Waals surface area contributed by atoms with Crippen LogP contribution in [0.4, 0.5) is 5.69 Å². The summed E-state index contributed by atoms with van der Waals surface area (Å²) in [6.45, 7) is 6.31. The molecular formula is C22H25N9O3. The van der Waals surface area contributed by atoms with Crippen LogP contribution in [0.25, 0.3) is 16.9 Å². The van der Waals surface area contributed by atoms with E-state index < -0.39 is 5.91 Å². The Kier molecular flexibility index (Phi) is 5.57. The summed E-state index contributed by atoms with van der Waals surface area (Å²) >= 11 is 0. The van der Waals surface area contributed by atoms with Crippen molar-refractivity contribution in [3.8, 4) is 11.3 Å². The lowest BCUT2D eigenvalue weighted by Crippen LogP contribution is -2.41. The fourth-order valence-electron chi connectivity index (χ4n) is 4.01. The zero-order valence-corrected chi connectivity index (χ0v) is 19.2. The molecule has 0 aliphatic carbocycles. The molecule has 1 saturated heterocycles. The largest absolute Gasteiger partial charge is 0.378 e. The highest BCUT2D eigenvalue weighted by Crippen LogP contribution is 2.24. The number of amides is 2. The van der Waals surface area contributed by atoms with Gasteiger partial charge in [0.2, 0.25) is 0 Å². The number of hydrogen-bond donors (Lipinski definition) is 1. The maximum Gasteiger partial charge on any atom is 0.276 e. The summed E-state index contributed by atoms with van der Waals surface area (Å²) in [5.41, 5.74) is 4.02. The average molecular weight is 464 g/mol. The fourth-order valence-corrected chi connectivity index (χ4v) is 4.01.